The fourth-order valence-electron chi connectivity index (χ4n) is 2.06. The maximum atomic E-state index is 5.98. The van der Waals surface area contributed by atoms with Crippen molar-refractivity contribution in [1.82, 2.24) is 10.6 Å². The number of ether oxygens (including phenoxy) is 2. The van der Waals surface area contributed by atoms with Crippen LogP contribution in [0, 0.1) is 0 Å². The van der Waals surface area contributed by atoms with E-state index in [-0.39, 0.29) is 24.0 Å². The lowest BCUT2D eigenvalue weighted by atomic mass is 10.2. The zero-order valence-corrected chi connectivity index (χ0v) is 17.4. The first kappa shape index (κ1) is 21.4. The van der Waals surface area contributed by atoms with E-state index in [1.165, 1.54) is 0 Å². The molecule has 136 valence electrons. The first-order valence-corrected chi connectivity index (χ1v) is 8.05. The maximum Gasteiger partial charge on any atom is 0.191 e. The minimum Gasteiger partial charge on any atom is -0.497 e. The Kier molecular flexibility index (Phi) is 10.1. The molecule has 0 atom stereocenters. The van der Waals surface area contributed by atoms with Crippen LogP contribution in [0.4, 0.5) is 0 Å². The van der Waals surface area contributed by atoms with Gasteiger partial charge in [-0.3, -0.25) is 4.99 Å². The van der Waals surface area contributed by atoms with E-state index in [1.807, 2.05) is 48.5 Å². The summed E-state index contributed by atoms with van der Waals surface area (Å²) in [5.74, 6) is 2.33. The van der Waals surface area contributed by atoms with Gasteiger partial charge in [0.2, 0.25) is 0 Å². The Hall–Kier alpha value is -1.67. The van der Waals surface area contributed by atoms with Crippen LogP contribution in [-0.2, 0) is 6.54 Å². The van der Waals surface area contributed by atoms with Crippen LogP contribution in [0.15, 0.2) is 53.5 Å². The monoisotopic (exact) mass is 475 g/mol. The number of hydrogen-bond donors (Lipinski definition) is 2. The highest BCUT2D eigenvalue weighted by molar-refractivity contribution is 14.0. The van der Waals surface area contributed by atoms with Crippen LogP contribution < -0.4 is 20.1 Å². The molecule has 0 aliphatic rings. The average Bonchev–Trinajstić information content (AvgIpc) is 2.61. The molecule has 2 N–H and O–H groups in total. The van der Waals surface area contributed by atoms with Crippen LogP contribution >= 0.6 is 35.6 Å². The quantitative estimate of drug-likeness (QED) is 0.277. The van der Waals surface area contributed by atoms with Crippen molar-refractivity contribution in [3.05, 3.63) is 59.1 Å². The van der Waals surface area contributed by atoms with E-state index in [1.54, 1.807) is 14.2 Å². The van der Waals surface area contributed by atoms with Gasteiger partial charge in [-0.25, -0.2) is 0 Å². The summed E-state index contributed by atoms with van der Waals surface area (Å²) in [4.78, 5) is 4.18. The van der Waals surface area contributed by atoms with Crippen molar-refractivity contribution >= 4 is 41.5 Å². The van der Waals surface area contributed by atoms with E-state index in [4.69, 9.17) is 21.1 Å². The molecule has 2 rings (SSSR count). The first-order valence-electron chi connectivity index (χ1n) is 7.67. The molecule has 2 aromatic rings. The molecule has 25 heavy (non-hydrogen) atoms. The molecule has 0 heterocycles. The SMILES string of the molecule is CN=C(NCCOc1ccc(OC)cc1)NCc1cccc(Cl)c1.I. The second-order valence-corrected chi connectivity index (χ2v) is 5.44. The zero-order chi connectivity index (χ0) is 17.2. The summed E-state index contributed by atoms with van der Waals surface area (Å²) in [6, 6.07) is 15.2. The van der Waals surface area contributed by atoms with Gasteiger partial charge in [-0.2, -0.15) is 0 Å². The Morgan fingerprint density at radius 3 is 2.44 bits per heavy atom. The third-order valence-corrected chi connectivity index (χ3v) is 3.53. The lowest BCUT2D eigenvalue weighted by molar-refractivity contribution is 0.321. The Morgan fingerprint density at radius 1 is 1.08 bits per heavy atom. The third kappa shape index (κ3) is 7.83. The van der Waals surface area contributed by atoms with Crippen molar-refractivity contribution in [2.24, 2.45) is 4.99 Å². The molecule has 0 radical (unpaired) electrons. The number of nitrogens with zero attached hydrogens (tertiary/aromatic N) is 1. The Morgan fingerprint density at radius 2 is 1.80 bits per heavy atom. The van der Waals surface area contributed by atoms with Gasteiger partial charge in [-0.05, 0) is 42.0 Å². The predicted molar refractivity (Wildman–Crippen MR) is 114 cm³/mol. The van der Waals surface area contributed by atoms with E-state index in [0.29, 0.717) is 25.7 Å². The standard InChI is InChI=1S/C18H22ClN3O2.HI/c1-20-18(22-13-14-4-3-5-15(19)12-14)21-10-11-24-17-8-6-16(23-2)7-9-17;/h3-9,12H,10-11,13H2,1-2H3,(H2,20,21,22);1H. The second-order valence-electron chi connectivity index (χ2n) is 5.01. The van der Waals surface area contributed by atoms with Crippen molar-refractivity contribution in [3.8, 4) is 11.5 Å². The van der Waals surface area contributed by atoms with Crippen LogP contribution in [0.25, 0.3) is 0 Å². The van der Waals surface area contributed by atoms with Crippen molar-refractivity contribution in [1.29, 1.82) is 0 Å². The average molecular weight is 476 g/mol. The molecule has 0 bridgehead atoms. The summed E-state index contributed by atoms with van der Waals surface area (Å²) in [6.45, 7) is 1.82. The van der Waals surface area contributed by atoms with Crippen LogP contribution in [0.5, 0.6) is 11.5 Å². The number of hydrogen-bond acceptors (Lipinski definition) is 3. The smallest absolute Gasteiger partial charge is 0.191 e. The van der Waals surface area contributed by atoms with Crippen LogP contribution in [0.1, 0.15) is 5.56 Å². The molecule has 0 aliphatic carbocycles. The highest BCUT2D eigenvalue weighted by Crippen LogP contribution is 2.16. The number of rotatable bonds is 7. The fourth-order valence-corrected chi connectivity index (χ4v) is 2.28. The molecule has 0 saturated carbocycles. The Bertz CT molecular complexity index is 666. The number of aliphatic imine (C=N–C) groups is 1. The molecule has 7 heteroatoms. The largest absolute Gasteiger partial charge is 0.497 e. The number of guanidine groups is 1. The topological polar surface area (TPSA) is 54.9 Å². The van der Waals surface area contributed by atoms with Gasteiger partial charge in [0.15, 0.2) is 5.96 Å². The number of benzene rings is 2. The first-order chi connectivity index (χ1) is 11.7. The van der Waals surface area contributed by atoms with Gasteiger partial charge in [0, 0.05) is 18.6 Å². The molecule has 0 spiro atoms. The van der Waals surface area contributed by atoms with Crippen LogP contribution in [0.2, 0.25) is 5.02 Å². The molecule has 0 saturated heterocycles. The Balaban J connectivity index is 0.00000312. The molecule has 0 amide bonds. The van der Waals surface area contributed by atoms with Gasteiger partial charge in [-0.15, -0.1) is 24.0 Å². The fraction of sp³-hybridized carbons (Fsp3) is 0.278. The molecule has 0 aliphatic heterocycles. The lowest BCUT2D eigenvalue weighted by Crippen LogP contribution is -2.38. The van der Waals surface area contributed by atoms with E-state index in [2.05, 4.69) is 15.6 Å². The van der Waals surface area contributed by atoms with Crippen molar-refractivity contribution < 1.29 is 9.47 Å². The van der Waals surface area contributed by atoms with Crippen LogP contribution in [-0.4, -0.2) is 33.3 Å². The van der Waals surface area contributed by atoms with Crippen LogP contribution in [0.3, 0.4) is 0 Å². The highest BCUT2D eigenvalue weighted by Gasteiger charge is 2.00. The van der Waals surface area contributed by atoms with Crippen molar-refractivity contribution in [2.45, 2.75) is 6.54 Å². The lowest BCUT2D eigenvalue weighted by Gasteiger charge is -2.13. The maximum absolute atomic E-state index is 5.98. The summed E-state index contributed by atoms with van der Waals surface area (Å²) in [6.07, 6.45) is 0. The molecule has 0 aromatic heterocycles. The van der Waals surface area contributed by atoms with E-state index < -0.39 is 0 Å². The number of nitrogens with one attached hydrogen (secondary N) is 2. The van der Waals surface area contributed by atoms with E-state index in [9.17, 15) is 0 Å². The van der Waals surface area contributed by atoms with Crippen molar-refractivity contribution in [2.75, 3.05) is 27.3 Å². The van der Waals surface area contributed by atoms with Gasteiger partial charge in [-0.1, -0.05) is 23.7 Å². The summed E-state index contributed by atoms with van der Waals surface area (Å²) < 4.78 is 10.8. The third-order valence-electron chi connectivity index (χ3n) is 3.30. The number of halogens is 2. The minimum absolute atomic E-state index is 0. The summed E-state index contributed by atoms with van der Waals surface area (Å²) in [7, 11) is 3.37. The van der Waals surface area contributed by atoms with E-state index >= 15 is 0 Å². The number of methoxy groups -OCH3 is 1. The predicted octanol–water partition coefficient (Wildman–Crippen LogP) is 3.71. The normalized spacial score (nSPS) is 10.6. The zero-order valence-electron chi connectivity index (χ0n) is 14.3. The highest BCUT2D eigenvalue weighted by atomic mass is 127. The summed E-state index contributed by atoms with van der Waals surface area (Å²) >= 11 is 5.98. The molecular formula is C18H23ClIN3O2. The van der Waals surface area contributed by atoms with Crippen molar-refractivity contribution in [3.63, 3.8) is 0 Å². The van der Waals surface area contributed by atoms with Gasteiger partial charge < -0.3 is 20.1 Å². The van der Waals surface area contributed by atoms with Gasteiger partial charge in [0.05, 0.1) is 13.7 Å². The van der Waals surface area contributed by atoms with Gasteiger partial charge in [0.25, 0.3) is 0 Å². The molecule has 0 fully saturated rings. The molecule has 5 nitrogen and oxygen atoms in total. The second kappa shape index (κ2) is 11.8. The molecule has 0 unspecified atom stereocenters. The Labute approximate surface area is 170 Å². The van der Waals surface area contributed by atoms with E-state index in [0.717, 1.165) is 22.1 Å². The van der Waals surface area contributed by atoms with Gasteiger partial charge in [0.1, 0.15) is 18.1 Å². The summed E-state index contributed by atoms with van der Waals surface area (Å²) in [5, 5.41) is 7.17. The minimum atomic E-state index is 0. The molecule has 2 aromatic carbocycles. The molecular weight excluding hydrogens is 453 g/mol. The summed E-state index contributed by atoms with van der Waals surface area (Å²) in [5.41, 5.74) is 1.10. The van der Waals surface area contributed by atoms with Gasteiger partial charge >= 0.3 is 0 Å².